The average molecular weight is 334 g/mol. The van der Waals surface area contributed by atoms with E-state index in [1.165, 1.54) is 6.07 Å². The van der Waals surface area contributed by atoms with Gasteiger partial charge in [0, 0.05) is 11.6 Å². The Morgan fingerprint density at radius 3 is 2.65 bits per heavy atom. The summed E-state index contributed by atoms with van der Waals surface area (Å²) in [7, 11) is 0. The van der Waals surface area contributed by atoms with Gasteiger partial charge in [0.1, 0.15) is 11.3 Å². The Morgan fingerprint density at radius 2 is 1.91 bits per heavy atom. The molecule has 23 heavy (non-hydrogen) atoms. The van der Waals surface area contributed by atoms with Gasteiger partial charge >= 0.3 is 5.97 Å². The Labute approximate surface area is 138 Å². The number of esters is 1. The van der Waals surface area contributed by atoms with Crippen LogP contribution in [0.5, 0.6) is 5.75 Å². The zero-order valence-corrected chi connectivity index (χ0v) is 13.3. The molecule has 0 saturated carbocycles. The molecule has 2 N–H and O–H groups in total. The molecule has 5 nitrogen and oxygen atoms in total. The van der Waals surface area contributed by atoms with E-state index in [0.717, 1.165) is 5.56 Å². The van der Waals surface area contributed by atoms with Crippen LogP contribution >= 0.6 is 11.6 Å². The minimum atomic E-state index is -0.751. The molecule has 2 aromatic rings. The number of amides is 1. The fourth-order valence-electron chi connectivity index (χ4n) is 1.92. The van der Waals surface area contributed by atoms with Crippen molar-refractivity contribution in [1.82, 2.24) is 5.32 Å². The smallest absolute Gasteiger partial charge is 0.342 e. The lowest BCUT2D eigenvalue weighted by Gasteiger charge is -2.09. The second kappa shape index (κ2) is 7.65. The Hall–Kier alpha value is -2.53. The van der Waals surface area contributed by atoms with Gasteiger partial charge in [-0.05, 0) is 30.2 Å². The van der Waals surface area contributed by atoms with E-state index in [0.29, 0.717) is 10.6 Å². The monoisotopic (exact) mass is 333 g/mol. The van der Waals surface area contributed by atoms with Crippen molar-refractivity contribution in [2.24, 2.45) is 0 Å². The van der Waals surface area contributed by atoms with Crippen molar-refractivity contribution in [1.29, 1.82) is 0 Å². The van der Waals surface area contributed by atoms with Gasteiger partial charge in [0.05, 0.1) is 0 Å². The first-order chi connectivity index (χ1) is 11.0. The largest absolute Gasteiger partial charge is 0.507 e. The average Bonchev–Trinajstić information content (AvgIpc) is 2.54. The summed E-state index contributed by atoms with van der Waals surface area (Å²) in [5.41, 5.74) is 1.36. The van der Waals surface area contributed by atoms with Crippen LogP contribution in [0.4, 0.5) is 0 Å². The molecule has 6 heteroatoms. The maximum atomic E-state index is 11.9. The van der Waals surface area contributed by atoms with Gasteiger partial charge in [0.25, 0.3) is 5.91 Å². The Kier molecular flexibility index (Phi) is 5.60. The standard InChI is InChI=1S/C17H16ClNO4/c1-11-5-4-7-13(16(11)21)17(22)23-10-15(20)19-9-12-6-2-3-8-14(12)18/h2-8,21H,9-10H2,1H3,(H,19,20). The highest BCUT2D eigenvalue weighted by Crippen LogP contribution is 2.22. The SMILES string of the molecule is Cc1cccc(C(=O)OCC(=O)NCc2ccccc2Cl)c1O. The van der Waals surface area contributed by atoms with Gasteiger partial charge in [0.15, 0.2) is 6.61 Å². The summed E-state index contributed by atoms with van der Waals surface area (Å²) in [6.45, 7) is 1.48. The predicted molar refractivity (Wildman–Crippen MR) is 86.4 cm³/mol. The summed E-state index contributed by atoms with van der Waals surface area (Å²) in [5, 5.41) is 13.0. The number of carbonyl (C=O) groups is 2. The van der Waals surface area contributed by atoms with E-state index in [1.807, 2.05) is 6.07 Å². The van der Waals surface area contributed by atoms with Crippen LogP contribution in [0.25, 0.3) is 0 Å². The molecule has 0 atom stereocenters. The van der Waals surface area contributed by atoms with Crippen LogP contribution < -0.4 is 5.32 Å². The summed E-state index contributed by atoms with van der Waals surface area (Å²) >= 11 is 5.98. The van der Waals surface area contributed by atoms with Crippen LogP contribution in [0.3, 0.4) is 0 Å². The highest BCUT2D eigenvalue weighted by molar-refractivity contribution is 6.31. The first-order valence-electron chi connectivity index (χ1n) is 6.95. The maximum absolute atomic E-state index is 11.9. The normalized spacial score (nSPS) is 10.2. The summed E-state index contributed by atoms with van der Waals surface area (Å²) in [6.07, 6.45) is 0. The molecule has 0 fully saturated rings. The topological polar surface area (TPSA) is 75.6 Å². The summed E-state index contributed by atoms with van der Waals surface area (Å²) in [4.78, 5) is 23.6. The molecule has 0 aliphatic heterocycles. The van der Waals surface area contributed by atoms with E-state index in [9.17, 15) is 14.7 Å². The molecule has 0 heterocycles. The first-order valence-corrected chi connectivity index (χ1v) is 7.32. The molecule has 120 valence electrons. The number of aryl methyl sites for hydroxylation is 1. The van der Waals surface area contributed by atoms with Gasteiger partial charge in [-0.1, -0.05) is 41.9 Å². The first kappa shape index (κ1) is 16.8. The fraction of sp³-hybridized carbons (Fsp3) is 0.176. The number of phenols is 1. The molecule has 0 spiro atoms. The van der Waals surface area contributed by atoms with Gasteiger partial charge in [-0.3, -0.25) is 4.79 Å². The van der Waals surface area contributed by atoms with Gasteiger partial charge in [-0.25, -0.2) is 4.79 Å². The predicted octanol–water partition coefficient (Wildman–Crippen LogP) is 2.83. The van der Waals surface area contributed by atoms with Crippen LogP contribution in [0.1, 0.15) is 21.5 Å². The maximum Gasteiger partial charge on any atom is 0.342 e. The van der Waals surface area contributed by atoms with E-state index < -0.39 is 18.5 Å². The number of aromatic hydroxyl groups is 1. The number of ether oxygens (including phenoxy) is 1. The third-order valence-corrected chi connectivity index (χ3v) is 3.59. The molecule has 0 aromatic heterocycles. The van der Waals surface area contributed by atoms with Gasteiger partial charge in [-0.15, -0.1) is 0 Å². The molecule has 0 aliphatic carbocycles. The van der Waals surface area contributed by atoms with Gasteiger partial charge in [0.2, 0.25) is 0 Å². The summed E-state index contributed by atoms with van der Waals surface area (Å²) in [6, 6.07) is 11.9. The van der Waals surface area contributed by atoms with Crippen LogP contribution in [0.15, 0.2) is 42.5 Å². The number of halogens is 1. The molecule has 0 aliphatic rings. The number of nitrogens with one attached hydrogen (secondary N) is 1. The highest BCUT2D eigenvalue weighted by Gasteiger charge is 2.15. The minimum absolute atomic E-state index is 0.0314. The number of para-hydroxylation sites is 1. The number of hydrogen-bond donors (Lipinski definition) is 2. The second-order valence-electron chi connectivity index (χ2n) is 4.92. The van der Waals surface area contributed by atoms with Crippen molar-refractivity contribution < 1.29 is 19.4 Å². The number of benzene rings is 2. The van der Waals surface area contributed by atoms with E-state index in [4.69, 9.17) is 16.3 Å². The Balaban J connectivity index is 1.86. The van der Waals surface area contributed by atoms with Crippen molar-refractivity contribution in [3.05, 3.63) is 64.2 Å². The highest BCUT2D eigenvalue weighted by atomic mass is 35.5. The summed E-state index contributed by atoms with van der Waals surface area (Å²) < 4.78 is 4.90. The van der Waals surface area contributed by atoms with E-state index in [2.05, 4.69) is 5.32 Å². The number of rotatable bonds is 5. The van der Waals surface area contributed by atoms with Crippen molar-refractivity contribution in [3.8, 4) is 5.75 Å². The molecular formula is C17H16ClNO4. The third-order valence-electron chi connectivity index (χ3n) is 3.23. The van der Waals surface area contributed by atoms with Crippen LogP contribution in [-0.4, -0.2) is 23.6 Å². The fourth-order valence-corrected chi connectivity index (χ4v) is 2.12. The Bertz CT molecular complexity index is 730. The molecule has 0 radical (unpaired) electrons. The summed E-state index contributed by atoms with van der Waals surface area (Å²) in [5.74, 6) is -1.35. The number of hydrogen-bond acceptors (Lipinski definition) is 4. The van der Waals surface area contributed by atoms with E-state index in [1.54, 1.807) is 37.3 Å². The lowest BCUT2D eigenvalue weighted by atomic mass is 10.1. The van der Waals surface area contributed by atoms with Crippen LogP contribution in [0, 0.1) is 6.92 Å². The zero-order chi connectivity index (χ0) is 16.8. The van der Waals surface area contributed by atoms with Crippen molar-refractivity contribution in [2.75, 3.05) is 6.61 Å². The van der Waals surface area contributed by atoms with Crippen molar-refractivity contribution in [3.63, 3.8) is 0 Å². The van der Waals surface area contributed by atoms with Crippen LogP contribution in [0.2, 0.25) is 5.02 Å². The molecule has 0 bridgehead atoms. The quantitative estimate of drug-likeness (QED) is 0.825. The molecule has 2 aromatic carbocycles. The van der Waals surface area contributed by atoms with E-state index >= 15 is 0 Å². The Morgan fingerprint density at radius 1 is 1.17 bits per heavy atom. The van der Waals surface area contributed by atoms with Gasteiger partial charge in [-0.2, -0.15) is 0 Å². The molecular weight excluding hydrogens is 318 g/mol. The third kappa shape index (κ3) is 4.47. The molecule has 1 amide bonds. The minimum Gasteiger partial charge on any atom is -0.507 e. The molecule has 0 saturated heterocycles. The van der Waals surface area contributed by atoms with Crippen LogP contribution in [-0.2, 0) is 16.1 Å². The van der Waals surface area contributed by atoms with Crippen molar-refractivity contribution >= 4 is 23.5 Å². The molecule has 0 unspecified atom stereocenters. The van der Waals surface area contributed by atoms with Gasteiger partial charge < -0.3 is 15.2 Å². The van der Waals surface area contributed by atoms with Crippen molar-refractivity contribution in [2.45, 2.75) is 13.5 Å². The number of carbonyl (C=O) groups excluding carboxylic acids is 2. The molecule has 2 rings (SSSR count). The second-order valence-corrected chi connectivity index (χ2v) is 5.32. The number of phenolic OH excluding ortho intramolecular Hbond substituents is 1. The van der Waals surface area contributed by atoms with E-state index in [-0.39, 0.29) is 17.9 Å². The lowest BCUT2D eigenvalue weighted by Crippen LogP contribution is -2.28. The zero-order valence-electron chi connectivity index (χ0n) is 12.5. The lowest BCUT2D eigenvalue weighted by molar-refractivity contribution is -0.124.